The monoisotopic (exact) mass is 166 g/mol. The minimum atomic E-state index is 0.474. The van der Waals surface area contributed by atoms with Gasteiger partial charge in [0, 0.05) is 13.1 Å². The van der Waals surface area contributed by atoms with Gasteiger partial charge < -0.3 is 0 Å². The molecule has 0 radical (unpaired) electrons. The Morgan fingerprint density at radius 2 is 2.33 bits per heavy atom. The lowest BCUT2D eigenvalue weighted by atomic mass is 10.2. The Hall–Kier alpha value is -1.23. The highest BCUT2D eigenvalue weighted by molar-refractivity contribution is 5.73. The number of nitrogens with zero attached hydrogens (tertiary/aromatic N) is 4. The van der Waals surface area contributed by atoms with Crippen LogP contribution in [0.2, 0.25) is 0 Å². The third-order valence-electron chi connectivity index (χ3n) is 2.09. The van der Waals surface area contributed by atoms with Crippen LogP contribution in [0.1, 0.15) is 16.2 Å². The summed E-state index contributed by atoms with van der Waals surface area (Å²) in [6.45, 7) is 2.56. The van der Waals surface area contributed by atoms with Gasteiger partial charge in [-0.3, -0.25) is 9.69 Å². The number of hydrogen-bond donors (Lipinski definition) is 0. The number of rotatable bonds is 1. The fraction of sp³-hybridized carbons (Fsp3) is 0.571. The van der Waals surface area contributed by atoms with Gasteiger partial charge >= 0.3 is 0 Å². The van der Waals surface area contributed by atoms with Crippen molar-refractivity contribution in [3.05, 3.63) is 11.4 Å². The van der Waals surface area contributed by atoms with E-state index in [-0.39, 0.29) is 0 Å². The molecule has 1 aliphatic rings. The van der Waals surface area contributed by atoms with E-state index < -0.39 is 0 Å². The quantitative estimate of drug-likeness (QED) is 0.529. The van der Waals surface area contributed by atoms with E-state index in [1.807, 2.05) is 7.05 Å². The first kappa shape index (κ1) is 7.42. The Balaban J connectivity index is 2.40. The largest absolute Gasteiger partial charge is 0.299 e. The van der Waals surface area contributed by atoms with Crippen molar-refractivity contribution >= 4 is 6.29 Å². The molecule has 0 saturated heterocycles. The van der Waals surface area contributed by atoms with Crippen LogP contribution in [0.25, 0.3) is 0 Å². The molecule has 5 heteroatoms. The van der Waals surface area contributed by atoms with Crippen LogP contribution >= 0.6 is 0 Å². The van der Waals surface area contributed by atoms with E-state index in [1.165, 1.54) is 0 Å². The van der Waals surface area contributed by atoms with E-state index in [2.05, 4.69) is 15.2 Å². The highest BCUT2D eigenvalue weighted by Gasteiger charge is 2.18. The van der Waals surface area contributed by atoms with Crippen LogP contribution in [0.15, 0.2) is 0 Å². The SMILES string of the molecule is CN1CCn2nnc(C=O)c2C1. The van der Waals surface area contributed by atoms with Gasteiger partial charge in [-0.15, -0.1) is 5.10 Å². The van der Waals surface area contributed by atoms with Crippen molar-refractivity contribution in [2.24, 2.45) is 0 Å². The second-order valence-electron chi connectivity index (χ2n) is 3.00. The Morgan fingerprint density at radius 3 is 3.08 bits per heavy atom. The van der Waals surface area contributed by atoms with Gasteiger partial charge in [0.2, 0.25) is 0 Å². The Kier molecular flexibility index (Phi) is 1.65. The summed E-state index contributed by atoms with van der Waals surface area (Å²) in [5, 5.41) is 7.64. The second kappa shape index (κ2) is 2.67. The van der Waals surface area contributed by atoms with E-state index >= 15 is 0 Å². The van der Waals surface area contributed by atoms with Gasteiger partial charge in [-0.1, -0.05) is 5.21 Å². The smallest absolute Gasteiger partial charge is 0.172 e. The lowest BCUT2D eigenvalue weighted by Crippen LogP contribution is -2.31. The van der Waals surface area contributed by atoms with E-state index in [9.17, 15) is 4.79 Å². The molecule has 0 aliphatic carbocycles. The molecule has 0 spiro atoms. The molecule has 0 unspecified atom stereocenters. The maximum Gasteiger partial charge on any atom is 0.172 e. The summed E-state index contributed by atoms with van der Waals surface area (Å²) in [5.41, 5.74) is 1.40. The van der Waals surface area contributed by atoms with E-state index in [1.54, 1.807) is 4.68 Å². The molecule has 2 heterocycles. The summed E-state index contributed by atoms with van der Waals surface area (Å²) in [6, 6.07) is 0. The van der Waals surface area contributed by atoms with Crippen molar-refractivity contribution in [2.75, 3.05) is 13.6 Å². The molecule has 12 heavy (non-hydrogen) atoms. The fourth-order valence-electron chi connectivity index (χ4n) is 1.38. The number of hydrogen-bond acceptors (Lipinski definition) is 4. The Bertz CT molecular complexity index is 306. The average molecular weight is 166 g/mol. The molecular formula is C7H10N4O. The van der Waals surface area contributed by atoms with Crippen LogP contribution in [0, 0.1) is 0 Å². The van der Waals surface area contributed by atoms with Gasteiger partial charge in [0.25, 0.3) is 0 Å². The molecule has 5 nitrogen and oxygen atoms in total. The summed E-state index contributed by atoms with van der Waals surface area (Å²) in [7, 11) is 2.02. The number of carbonyl (C=O) groups is 1. The molecule has 1 aliphatic heterocycles. The van der Waals surface area contributed by atoms with Gasteiger partial charge in [-0.05, 0) is 7.05 Å². The lowest BCUT2D eigenvalue weighted by molar-refractivity contribution is 0.111. The van der Waals surface area contributed by atoms with Crippen LogP contribution in [0.5, 0.6) is 0 Å². The van der Waals surface area contributed by atoms with Crippen LogP contribution in [-0.4, -0.2) is 39.8 Å². The van der Waals surface area contributed by atoms with E-state index in [0.29, 0.717) is 5.69 Å². The highest BCUT2D eigenvalue weighted by atomic mass is 16.1. The van der Waals surface area contributed by atoms with Crippen molar-refractivity contribution in [3.63, 3.8) is 0 Å². The Morgan fingerprint density at radius 1 is 1.50 bits per heavy atom. The van der Waals surface area contributed by atoms with Gasteiger partial charge in [-0.25, -0.2) is 4.68 Å². The first-order chi connectivity index (χ1) is 5.81. The van der Waals surface area contributed by atoms with E-state index in [4.69, 9.17) is 0 Å². The first-order valence-electron chi connectivity index (χ1n) is 3.87. The van der Waals surface area contributed by atoms with Crippen molar-refractivity contribution in [1.29, 1.82) is 0 Å². The summed E-state index contributed by atoms with van der Waals surface area (Å²) in [4.78, 5) is 12.7. The fourth-order valence-corrected chi connectivity index (χ4v) is 1.38. The van der Waals surface area contributed by atoms with Gasteiger partial charge in [0.1, 0.15) is 5.69 Å². The minimum Gasteiger partial charge on any atom is -0.299 e. The average Bonchev–Trinajstić information content (AvgIpc) is 2.46. The lowest BCUT2D eigenvalue weighted by Gasteiger charge is -2.22. The number of fused-ring (bicyclic) bond motifs is 1. The molecule has 64 valence electrons. The zero-order valence-corrected chi connectivity index (χ0v) is 6.90. The van der Waals surface area contributed by atoms with Crippen molar-refractivity contribution in [3.8, 4) is 0 Å². The predicted octanol–water partition coefficient (Wildman–Crippen LogP) is -0.464. The predicted molar refractivity (Wildman–Crippen MR) is 41.7 cm³/mol. The summed E-state index contributed by atoms with van der Waals surface area (Å²) < 4.78 is 1.80. The maximum absolute atomic E-state index is 10.5. The molecule has 0 fully saturated rings. The normalized spacial score (nSPS) is 17.4. The van der Waals surface area contributed by atoms with E-state index in [0.717, 1.165) is 31.6 Å². The molecule has 0 bridgehead atoms. The second-order valence-corrected chi connectivity index (χ2v) is 3.00. The summed E-state index contributed by atoms with van der Waals surface area (Å²) >= 11 is 0. The van der Waals surface area contributed by atoms with Crippen molar-refractivity contribution in [2.45, 2.75) is 13.1 Å². The van der Waals surface area contributed by atoms with Crippen molar-refractivity contribution in [1.82, 2.24) is 19.9 Å². The number of aromatic nitrogens is 3. The third-order valence-corrected chi connectivity index (χ3v) is 2.09. The molecule has 0 atom stereocenters. The zero-order valence-electron chi connectivity index (χ0n) is 6.90. The third kappa shape index (κ3) is 1.02. The maximum atomic E-state index is 10.5. The topological polar surface area (TPSA) is 51.0 Å². The standard InChI is InChI=1S/C7H10N4O/c1-10-2-3-11-7(4-10)6(5-12)8-9-11/h5H,2-4H2,1H3. The molecule has 0 amide bonds. The van der Waals surface area contributed by atoms with Crippen LogP contribution < -0.4 is 0 Å². The number of likely N-dealkylation sites (N-methyl/N-ethyl adjacent to an activating group) is 1. The molecule has 0 aromatic carbocycles. The molecule has 0 N–H and O–H groups in total. The van der Waals surface area contributed by atoms with Crippen LogP contribution in [0.4, 0.5) is 0 Å². The minimum absolute atomic E-state index is 0.474. The van der Waals surface area contributed by atoms with Crippen LogP contribution in [0.3, 0.4) is 0 Å². The van der Waals surface area contributed by atoms with Crippen LogP contribution in [-0.2, 0) is 13.1 Å². The van der Waals surface area contributed by atoms with Crippen molar-refractivity contribution < 1.29 is 4.79 Å². The van der Waals surface area contributed by atoms with Gasteiger partial charge in [0.05, 0.1) is 12.2 Å². The molecule has 1 aromatic rings. The molecule has 0 saturated carbocycles. The molecule has 2 rings (SSSR count). The highest BCUT2D eigenvalue weighted by Crippen LogP contribution is 2.10. The number of aldehydes is 1. The number of carbonyl (C=O) groups excluding carboxylic acids is 1. The van der Waals surface area contributed by atoms with Gasteiger partial charge in [0.15, 0.2) is 6.29 Å². The first-order valence-corrected chi connectivity index (χ1v) is 3.87. The summed E-state index contributed by atoms with van der Waals surface area (Å²) in [6.07, 6.45) is 0.762. The van der Waals surface area contributed by atoms with Gasteiger partial charge in [-0.2, -0.15) is 0 Å². The zero-order chi connectivity index (χ0) is 8.55. The Labute approximate surface area is 70.0 Å². The summed E-state index contributed by atoms with van der Waals surface area (Å²) in [5.74, 6) is 0. The molecule has 1 aromatic heterocycles. The molecular weight excluding hydrogens is 156 g/mol.